The van der Waals surface area contributed by atoms with Crippen molar-refractivity contribution in [3.8, 4) is 0 Å². The second kappa shape index (κ2) is 5.90. The van der Waals surface area contributed by atoms with Crippen molar-refractivity contribution in [1.82, 2.24) is 0 Å². The van der Waals surface area contributed by atoms with E-state index in [4.69, 9.17) is 11.6 Å². The summed E-state index contributed by atoms with van der Waals surface area (Å²) in [5, 5.41) is 9.67. The maximum atomic E-state index is 12.8. The number of hydrogen-bond donors (Lipinski definition) is 1. The van der Waals surface area contributed by atoms with E-state index in [1.54, 1.807) is 18.2 Å². The fourth-order valence-corrected chi connectivity index (χ4v) is 5.50. The highest BCUT2D eigenvalue weighted by Crippen LogP contribution is 2.41. The van der Waals surface area contributed by atoms with Gasteiger partial charge in [0.25, 0.3) is 0 Å². The Morgan fingerprint density at radius 2 is 1.81 bits per heavy atom. The van der Waals surface area contributed by atoms with Gasteiger partial charge in [0.2, 0.25) is 0 Å². The van der Waals surface area contributed by atoms with Crippen LogP contribution in [0.5, 0.6) is 0 Å². The van der Waals surface area contributed by atoms with Crippen molar-refractivity contribution in [3.05, 3.63) is 29.3 Å². The lowest BCUT2D eigenvalue weighted by molar-refractivity contribution is 0.0757. The van der Waals surface area contributed by atoms with Crippen LogP contribution in [0.25, 0.3) is 0 Å². The van der Waals surface area contributed by atoms with Crippen molar-refractivity contribution >= 4 is 21.4 Å². The van der Waals surface area contributed by atoms with Gasteiger partial charge < -0.3 is 5.11 Å². The second-order valence-electron chi connectivity index (χ2n) is 6.96. The molecule has 118 valence electrons. The summed E-state index contributed by atoms with van der Waals surface area (Å²) < 4.78 is 25.7. The Balaban J connectivity index is 2.36. The summed E-state index contributed by atoms with van der Waals surface area (Å²) in [4.78, 5) is 0.130. The Morgan fingerprint density at radius 3 is 2.38 bits per heavy atom. The fourth-order valence-electron chi connectivity index (χ4n) is 3.07. The number of aliphatic hydroxyl groups excluding tert-OH is 1. The van der Waals surface area contributed by atoms with Gasteiger partial charge in [-0.15, -0.1) is 0 Å². The maximum absolute atomic E-state index is 12.8. The number of benzene rings is 1. The quantitative estimate of drug-likeness (QED) is 0.899. The van der Waals surface area contributed by atoms with Gasteiger partial charge in [-0.1, -0.05) is 44.5 Å². The lowest BCUT2D eigenvalue weighted by Gasteiger charge is -2.39. The molecule has 0 saturated heterocycles. The monoisotopic (exact) mass is 330 g/mol. The smallest absolute Gasteiger partial charge is 0.185 e. The van der Waals surface area contributed by atoms with Gasteiger partial charge in [-0.3, -0.25) is 0 Å². The first kappa shape index (κ1) is 16.8. The molecular weight excluding hydrogens is 308 g/mol. The third kappa shape index (κ3) is 3.43. The summed E-state index contributed by atoms with van der Waals surface area (Å²) >= 11 is 6.04. The molecule has 0 bridgehead atoms. The van der Waals surface area contributed by atoms with Crippen molar-refractivity contribution in [2.45, 2.75) is 56.3 Å². The predicted molar refractivity (Wildman–Crippen MR) is 85.2 cm³/mol. The molecule has 1 saturated carbocycles. The normalized spacial score (nSPS) is 27.6. The average molecular weight is 331 g/mol. The first-order chi connectivity index (χ1) is 9.64. The Labute approximate surface area is 132 Å². The average Bonchev–Trinajstić information content (AvgIpc) is 2.37. The van der Waals surface area contributed by atoms with E-state index >= 15 is 0 Å². The molecule has 1 fully saturated rings. The van der Waals surface area contributed by atoms with Crippen LogP contribution in [0, 0.1) is 11.3 Å². The molecule has 1 aromatic carbocycles. The van der Waals surface area contributed by atoms with E-state index in [-0.39, 0.29) is 21.3 Å². The van der Waals surface area contributed by atoms with E-state index in [0.29, 0.717) is 12.8 Å². The molecule has 3 atom stereocenters. The van der Waals surface area contributed by atoms with E-state index in [1.165, 1.54) is 6.07 Å². The van der Waals surface area contributed by atoms with E-state index in [2.05, 4.69) is 20.8 Å². The van der Waals surface area contributed by atoms with Gasteiger partial charge in [0.1, 0.15) is 0 Å². The molecule has 0 aromatic heterocycles. The fraction of sp³-hybridized carbons (Fsp3) is 0.625. The molecule has 1 aliphatic rings. The third-order valence-electron chi connectivity index (χ3n) is 4.52. The van der Waals surface area contributed by atoms with Crippen LogP contribution >= 0.6 is 11.6 Å². The Kier molecular flexibility index (Phi) is 4.72. The van der Waals surface area contributed by atoms with Gasteiger partial charge in [-0.25, -0.2) is 8.42 Å². The van der Waals surface area contributed by atoms with Crippen LogP contribution in [0.1, 0.15) is 40.0 Å². The summed E-state index contributed by atoms with van der Waals surface area (Å²) in [5.74, 6) is 0.281. The molecule has 3 unspecified atom stereocenters. The van der Waals surface area contributed by atoms with Gasteiger partial charge in [0.05, 0.1) is 21.3 Å². The van der Waals surface area contributed by atoms with Gasteiger partial charge in [-0.05, 0) is 42.7 Å². The number of rotatable bonds is 2. The molecule has 21 heavy (non-hydrogen) atoms. The zero-order valence-electron chi connectivity index (χ0n) is 12.7. The molecule has 1 aliphatic carbocycles. The minimum atomic E-state index is -3.62. The number of hydrogen-bond acceptors (Lipinski definition) is 3. The largest absolute Gasteiger partial charge is 0.392 e. The number of sulfone groups is 1. The zero-order valence-corrected chi connectivity index (χ0v) is 14.3. The summed E-state index contributed by atoms with van der Waals surface area (Å²) in [6.45, 7) is 6.36. The molecule has 0 radical (unpaired) electrons. The van der Waals surface area contributed by atoms with Crippen molar-refractivity contribution in [2.75, 3.05) is 0 Å². The first-order valence-corrected chi connectivity index (χ1v) is 9.23. The standard InChI is InChI=1S/C16H23ClO3S/c1-16(2,3)11-8-9-13(18)15(10-11)21(19,20)14-7-5-4-6-12(14)17/h4-7,11,13,15,18H,8-10H2,1-3H3. The van der Waals surface area contributed by atoms with Crippen LogP contribution in [0.3, 0.4) is 0 Å². The molecule has 0 aliphatic heterocycles. The maximum Gasteiger partial charge on any atom is 0.185 e. The molecule has 2 rings (SSSR count). The van der Waals surface area contributed by atoms with E-state index in [9.17, 15) is 13.5 Å². The van der Waals surface area contributed by atoms with Crippen LogP contribution < -0.4 is 0 Å². The van der Waals surface area contributed by atoms with Gasteiger partial charge in [0.15, 0.2) is 9.84 Å². The Hall–Kier alpha value is -0.580. The molecule has 0 amide bonds. The lowest BCUT2D eigenvalue weighted by atomic mass is 9.71. The van der Waals surface area contributed by atoms with Crippen LogP contribution in [-0.4, -0.2) is 24.9 Å². The molecule has 0 spiro atoms. The SMILES string of the molecule is CC(C)(C)C1CCC(O)C(S(=O)(=O)c2ccccc2Cl)C1. The van der Waals surface area contributed by atoms with Crippen molar-refractivity contribution in [3.63, 3.8) is 0 Å². The first-order valence-electron chi connectivity index (χ1n) is 7.30. The highest BCUT2D eigenvalue weighted by atomic mass is 35.5. The van der Waals surface area contributed by atoms with Crippen molar-refractivity contribution in [1.29, 1.82) is 0 Å². The van der Waals surface area contributed by atoms with Gasteiger partial charge >= 0.3 is 0 Å². The second-order valence-corrected chi connectivity index (χ2v) is 9.50. The van der Waals surface area contributed by atoms with Crippen LogP contribution in [0.15, 0.2) is 29.2 Å². The molecule has 1 aromatic rings. The number of halogens is 1. The molecule has 3 nitrogen and oxygen atoms in total. The van der Waals surface area contributed by atoms with Crippen LogP contribution in [-0.2, 0) is 9.84 Å². The van der Waals surface area contributed by atoms with Crippen LogP contribution in [0.4, 0.5) is 0 Å². The molecular formula is C16H23ClO3S. The van der Waals surface area contributed by atoms with Crippen molar-refractivity contribution < 1.29 is 13.5 Å². The Bertz CT molecular complexity index is 604. The summed E-state index contributed by atoms with van der Waals surface area (Å²) in [6, 6.07) is 6.46. The predicted octanol–water partition coefficient (Wildman–Crippen LogP) is 3.69. The highest BCUT2D eigenvalue weighted by molar-refractivity contribution is 7.92. The summed E-state index contributed by atoms with van der Waals surface area (Å²) in [5.41, 5.74) is 0.0361. The van der Waals surface area contributed by atoms with E-state index < -0.39 is 21.2 Å². The molecule has 0 heterocycles. The lowest BCUT2D eigenvalue weighted by Crippen LogP contribution is -2.42. The van der Waals surface area contributed by atoms with Gasteiger partial charge in [0, 0.05) is 0 Å². The minimum Gasteiger partial charge on any atom is -0.392 e. The molecule has 5 heteroatoms. The zero-order chi connectivity index (χ0) is 15.8. The highest BCUT2D eigenvalue weighted by Gasteiger charge is 2.42. The number of aliphatic hydroxyl groups is 1. The summed E-state index contributed by atoms with van der Waals surface area (Å²) in [6.07, 6.45) is 1.05. The Morgan fingerprint density at radius 1 is 1.19 bits per heavy atom. The van der Waals surface area contributed by atoms with E-state index in [0.717, 1.165) is 6.42 Å². The topological polar surface area (TPSA) is 54.4 Å². The van der Waals surface area contributed by atoms with E-state index in [1.807, 2.05) is 0 Å². The van der Waals surface area contributed by atoms with Gasteiger partial charge in [-0.2, -0.15) is 0 Å². The molecule has 1 N–H and O–H groups in total. The summed E-state index contributed by atoms with van der Waals surface area (Å²) in [7, 11) is -3.62. The third-order valence-corrected chi connectivity index (χ3v) is 7.24. The van der Waals surface area contributed by atoms with Crippen LogP contribution in [0.2, 0.25) is 5.02 Å². The minimum absolute atomic E-state index is 0.0361. The van der Waals surface area contributed by atoms with Crippen molar-refractivity contribution in [2.24, 2.45) is 11.3 Å².